The smallest absolute Gasteiger partial charge is 0.338 e. The Kier molecular flexibility index (Phi) is 6.70. The van der Waals surface area contributed by atoms with Crippen molar-refractivity contribution < 1.29 is 26.9 Å². The lowest BCUT2D eigenvalue weighted by molar-refractivity contribution is -0.119. The van der Waals surface area contributed by atoms with Crippen LogP contribution in [-0.2, 0) is 23.8 Å². The summed E-state index contributed by atoms with van der Waals surface area (Å²) in [4.78, 5) is 23.2. The third kappa shape index (κ3) is 5.57. The number of hydrogen-bond acceptors (Lipinski definition) is 6. The van der Waals surface area contributed by atoms with Gasteiger partial charge in [0, 0.05) is 5.92 Å². The van der Waals surface area contributed by atoms with Gasteiger partial charge >= 0.3 is 5.97 Å². The molecule has 7 heteroatoms. The van der Waals surface area contributed by atoms with Gasteiger partial charge in [-0.05, 0) is 18.6 Å². The molecule has 0 radical (unpaired) electrons. The van der Waals surface area contributed by atoms with Gasteiger partial charge in [0.1, 0.15) is 0 Å². The third-order valence-corrected chi connectivity index (χ3v) is 3.79. The molecule has 0 N–H and O–H groups in total. The molecule has 0 saturated heterocycles. The number of carbonyl (C=O) groups is 2. The molecule has 0 aromatic heterocycles. The summed E-state index contributed by atoms with van der Waals surface area (Å²) in [5.74, 6) is -1.23. The third-order valence-electron chi connectivity index (χ3n) is 3.19. The van der Waals surface area contributed by atoms with Crippen molar-refractivity contribution in [1.82, 2.24) is 0 Å². The zero-order chi connectivity index (χ0) is 16.8. The van der Waals surface area contributed by atoms with Crippen molar-refractivity contribution in [2.24, 2.45) is 5.92 Å². The highest BCUT2D eigenvalue weighted by Crippen LogP contribution is 2.20. The molecule has 0 heterocycles. The van der Waals surface area contributed by atoms with Gasteiger partial charge in [-0.3, -0.25) is 8.98 Å². The van der Waals surface area contributed by atoms with E-state index in [2.05, 4.69) is 0 Å². The lowest BCUT2D eigenvalue weighted by Crippen LogP contribution is -2.36. The summed E-state index contributed by atoms with van der Waals surface area (Å²) in [7, 11) is -3.66. The molecule has 0 bridgehead atoms. The molecular weight excluding hydrogens is 308 g/mol. The van der Waals surface area contributed by atoms with E-state index in [-0.39, 0.29) is 0 Å². The number of ether oxygens (including phenoxy) is 1. The summed E-state index contributed by atoms with van der Waals surface area (Å²) in [6.07, 6.45) is -0.0385. The lowest BCUT2D eigenvalue weighted by Gasteiger charge is -2.26. The average molecular weight is 328 g/mol. The Balaban J connectivity index is 2.81. The number of benzene rings is 1. The van der Waals surface area contributed by atoms with Crippen LogP contribution in [0, 0.1) is 5.92 Å². The fourth-order valence-electron chi connectivity index (χ4n) is 1.99. The second-order valence-electron chi connectivity index (χ2n) is 4.98. The monoisotopic (exact) mass is 328 g/mol. The summed E-state index contributed by atoms with van der Waals surface area (Å²) in [6, 6.07) is 8.25. The standard InChI is InChI=1S/C15H20O6S/c1-4-13(21-22(3,18)19)11(2)14(10-16)20-15(17)12-8-6-5-7-9-12/h5-11,13-14H,4H2,1-3H3/t11-,13-,14+/m1/s1. The van der Waals surface area contributed by atoms with Gasteiger partial charge in [-0.15, -0.1) is 0 Å². The van der Waals surface area contributed by atoms with E-state index in [0.29, 0.717) is 18.3 Å². The highest BCUT2D eigenvalue weighted by atomic mass is 32.2. The summed E-state index contributed by atoms with van der Waals surface area (Å²) in [5.41, 5.74) is 0.318. The molecule has 122 valence electrons. The van der Waals surface area contributed by atoms with Crippen molar-refractivity contribution in [3.05, 3.63) is 35.9 Å². The van der Waals surface area contributed by atoms with Crippen molar-refractivity contribution in [3.63, 3.8) is 0 Å². The molecule has 3 atom stereocenters. The van der Waals surface area contributed by atoms with Crippen LogP contribution in [-0.4, -0.2) is 39.1 Å². The van der Waals surface area contributed by atoms with E-state index in [1.165, 1.54) is 0 Å². The minimum atomic E-state index is -3.66. The molecule has 0 aliphatic carbocycles. The predicted molar refractivity (Wildman–Crippen MR) is 80.9 cm³/mol. The van der Waals surface area contributed by atoms with Crippen LogP contribution < -0.4 is 0 Å². The Morgan fingerprint density at radius 2 is 1.86 bits per heavy atom. The number of carbonyl (C=O) groups excluding carboxylic acids is 2. The fraction of sp³-hybridized carbons (Fsp3) is 0.467. The van der Waals surface area contributed by atoms with Crippen molar-refractivity contribution in [3.8, 4) is 0 Å². The largest absolute Gasteiger partial charge is 0.451 e. The van der Waals surface area contributed by atoms with Crippen molar-refractivity contribution in [2.45, 2.75) is 32.5 Å². The zero-order valence-electron chi connectivity index (χ0n) is 12.8. The first-order valence-corrected chi connectivity index (χ1v) is 8.69. The molecule has 22 heavy (non-hydrogen) atoms. The molecule has 1 rings (SSSR count). The van der Waals surface area contributed by atoms with Gasteiger partial charge in [0.2, 0.25) is 0 Å². The summed E-state index contributed by atoms with van der Waals surface area (Å²) in [6.45, 7) is 3.34. The Labute approximate surface area is 130 Å². The number of rotatable bonds is 8. The number of hydrogen-bond donors (Lipinski definition) is 0. The second-order valence-corrected chi connectivity index (χ2v) is 6.58. The van der Waals surface area contributed by atoms with E-state index in [1.807, 2.05) is 0 Å². The minimum absolute atomic E-state index is 0.318. The van der Waals surface area contributed by atoms with E-state index in [4.69, 9.17) is 8.92 Å². The van der Waals surface area contributed by atoms with Crippen LogP contribution in [0.4, 0.5) is 0 Å². The average Bonchev–Trinajstić information content (AvgIpc) is 2.49. The van der Waals surface area contributed by atoms with E-state index in [9.17, 15) is 18.0 Å². The fourth-order valence-corrected chi connectivity index (χ4v) is 2.75. The predicted octanol–water partition coefficient (Wildman–Crippen LogP) is 1.80. The van der Waals surface area contributed by atoms with Gasteiger partial charge < -0.3 is 4.74 Å². The molecule has 0 aliphatic heterocycles. The first kappa shape index (κ1) is 18.3. The van der Waals surface area contributed by atoms with Crippen LogP contribution >= 0.6 is 0 Å². The van der Waals surface area contributed by atoms with Crippen molar-refractivity contribution in [1.29, 1.82) is 0 Å². The molecule has 1 aromatic carbocycles. The molecule has 0 fully saturated rings. The highest BCUT2D eigenvalue weighted by Gasteiger charge is 2.30. The van der Waals surface area contributed by atoms with Gasteiger partial charge in [0.05, 0.1) is 17.9 Å². The topological polar surface area (TPSA) is 86.7 Å². The van der Waals surface area contributed by atoms with Gasteiger partial charge in [-0.2, -0.15) is 8.42 Å². The molecule has 0 saturated carbocycles. The second kappa shape index (κ2) is 8.05. The van der Waals surface area contributed by atoms with Gasteiger partial charge in [0.25, 0.3) is 10.1 Å². The van der Waals surface area contributed by atoms with E-state index < -0.39 is 34.2 Å². The molecular formula is C15H20O6S. The van der Waals surface area contributed by atoms with Crippen LogP contribution in [0.2, 0.25) is 0 Å². The quantitative estimate of drug-likeness (QED) is 0.411. The molecule has 0 aliphatic rings. The van der Waals surface area contributed by atoms with Crippen LogP contribution in [0.25, 0.3) is 0 Å². The Bertz CT molecular complexity index is 596. The van der Waals surface area contributed by atoms with Crippen LogP contribution in [0.15, 0.2) is 30.3 Å². The van der Waals surface area contributed by atoms with Crippen molar-refractivity contribution >= 4 is 22.4 Å². The van der Waals surface area contributed by atoms with E-state index in [0.717, 1.165) is 6.26 Å². The van der Waals surface area contributed by atoms with Crippen molar-refractivity contribution in [2.75, 3.05) is 6.26 Å². The molecule has 0 spiro atoms. The normalized spacial score (nSPS) is 15.6. The van der Waals surface area contributed by atoms with Gasteiger partial charge in [-0.1, -0.05) is 32.0 Å². The minimum Gasteiger partial charge on any atom is -0.451 e. The SMILES string of the molecule is CC[C@@H](OS(C)(=O)=O)[C@@H](C)[C@H](C=O)OC(=O)c1ccccc1. The zero-order valence-corrected chi connectivity index (χ0v) is 13.6. The molecule has 0 amide bonds. The molecule has 1 aromatic rings. The maximum Gasteiger partial charge on any atom is 0.338 e. The van der Waals surface area contributed by atoms with Gasteiger partial charge in [-0.25, -0.2) is 4.79 Å². The summed E-state index contributed by atoms with van der Waals surface area (Å²) in [5, 5.41) is 0. The maximum absolute atomic E-state index is 12.0. The highest BCUT2D eigenvalue weighted by molar-refractivity contribution is 7.86. The van der Waals surface area contributed by atoms with Crippen LogP contribution in [0.3, 0.4) is 0 Å². The maximum atomic E-state index is 12.0. The number of esters is 1. The Morgan fingerprint density at radius 3 is 2.32 bits per heavy atom. The summed E-state index contributed by atoms with van der Waals surface area (Å²) >= 11 is 0. The van der Waals surface area contributed by atoms with E-state index >= 15 is 0 Å². The van der Waals surface area contributed by atoms with E-state index in [1.54, 1.807) is 44.2 Å². The Morgan fingerprint density at radius 1 is 1.27 bits per heavy atom. The van der Waals surface area contributed by atoms with Crippen LogP contribution in [0.5, 0.6) is 0 Å². The Hall–Kier alpha value is -1.73. The first-order chi connectivity index (χ1) is 10.3. The first-order valence-electron chi connectivity index (χ1n) is 6.88. The van der Waals surface area contributed by atoms with Crippen LogP contribution in [0.1, 0.15) is 30.6 Å². The summed E-state index contributed by atoms with van der Waals surface area (Å²) < 4.78 is 32.6. The number of aldehydes is 1. The molecule has 0 unspecified atom stereocenters. The lowest BCUT2D eigenvalue weighted by atomic mass is 9.97. The molecule has 6 nitrogen and oxygen atoms in total. The van der Waals surface area contributed by atoms with Gasteiger partial charge in [0.15, 0.2) is 12.4 Å².